The highest BCUT2D eigenvalue weighted by Gasteiger charge is 2.32. The summed E-state index contributed by atoms with van der Waals surface area (Å²) in [5.41, 5.74) is 2.41. The van der Waals surface area contributed by atoms with Gasteiger partial charge in [-0.25, -0.2) is 0 Å². The van der Waals surface area contributed by atoms with E-state index in [2.05, 4.69) is 36.3 Å². The van der Waals surface area contributed by atoms with Crippen molar-refractivity contribution in [1.29, 1.82) is 0 Å². The smallest absolute Gasteiger partial charge is 0.253 e. The molecule has 0 radical (unpaired) electrons. The Kier molecular flexibility index (Phi) is 4.12. The van der Waals surface area contributed by atoms with Gasteiger partial charge in [0.1, 0.15) is 6.10 Å². The Morgan fingerprint density at radius 1 is 1.38 bits per heavy atom. The monoisotopic (exact) mass is 289 g/mol. The van der Waals surface area contributed by atoms with Crippen LogP contribution in [0, 0.1) is 0 Å². The molecule has 1 aromatic carbocycles. The number of nitrogens with zero attached hydrogens (tertiary/aromatic N) is 2. The van der Waals surface area contributed by atoms with Crippen molar-refractivity contribution in [3.63, 3.8) is 0 Å². The van der Waals surface area contributed by atoms with E-state index in [-0.39, 0.29) is 18.1 Å². The normalized spacial score (nSPS) is 26.2. The van der Waals surface area contributed by atoms with E-state index in [9.17, 15) is 4.79 Å². The standard InChI is InChI=1S/C16H23N3O2/c1-12-10-18(2)14-6-4-3-5-13(14)11-19(12)16(20)15-9-17-7-8-21-15/h3-6,12,15,17H,7-11H2,1-2H3/t12-,15+/m0/s1. The molecule has 1 saturated heterocycles. The van der Waals surface area contributed by atoms with Crippen LogP contribution in [-0.4, -0.2) is 56.2 Å². The molecule has 114 valence electrons. The molecule has 1 N–H and O–H groups in total. The number of fused-ring (bicyclic) bond motifs is 1. The Morgan fingerprint density at radius 3 is 2.95 bits per heavy atom. The van der Waals surface area contributed by atoms with Gasteiger partial charge in [0.15, 0.2) is 0 Å². The van der Waals surface area contributed by atoms with Crippen molar-refractivity contribution in [2.45, 2.75) is 25.6 Å². The third-order valence-electron chi connectivity index (χ3n) is 4.30. The Hall–Kier alpha value is -1.59. The Balaban J connectivity index is 1.83. The SMILES string of the molecule is C[C@H]1CN(C)c2ccccc2CN1C(=O)[C@H]1CNCCO1. The van der Waals surface area contributed by atoms with Crippen LogP contribution in [-0.2, 0) is 16.1 Å². The van der Waals surface area contributed by atoms with Gasteiger partial charge in [-0.3, -0.25) is 4.79 Å². The van der Waals surface area contributed by atoms with Gasteiger partial charge in [0.2, 0.25) is 0 Å². The predicted octanol–water partition coefficient (Wildman–Crippen LogP) is 0.842. The number of hydrogen-bond acceptors (Lipinski definition) is 4. The lowest BCUT2D eigenvalue weighted by Crippen LogP contribution is -2.52. The van der Waals surface area contributed by atoms with E-state index >= 15 is 0 Å². The van der Waals surface area contributed by atoms with Crippen molar-refractivity contribution < 1.29 is 9.53 Å². The number of nitrogens with one attached hydrogen (secondary N) is 1. The van der Waals surface area contributed by atoms with Gasteiger partial charge in [-0.2, -0.15) is 0 Å². The largest absolute Gasteiger partial charge is 0.372 e. The predicted molar refractivity (Wildman–Crippen MR) is 82.3 cm³/mol. The van der Waals surface area contributed by atoms with Gasteiger partial charge < -0.3 is 19.9 Å². The average Bonchev–Trinajstić information content (AvgIpc) is 2.64. The summed E-state index contributed by atoms with van der Waals surface area (Å²) < 4.78 is 5.63. The number of benzene rings is 1. The molecule has 0 aliphatic carbocycles. The van der Waals surface area contributed by atoms with E-state index in [0.717, 1.165) is 13.1 Å². The van der Waals surface area contributed by atoms with Crippen LogP contribution in [0.15, 0.2) is 24.3 Å². The average molecular weight is 289 g/mol. The van der Waals surface area contributed by atoms with E-state index in [1.165, 1.54) is 11.3 Å². The van der Waals surface area contributed by atoms with Crippen molar-refractivity contribution in [2.75, 3.05) is 38.2 Å². The van der Waals surface area contributed by atoms with Crippen molar-refractivity contribution >= 4 is 11.6 Å². The number of para-hydroxylation sites is 1. The van der Waals surface area contributed by atoms with E-state index < -0.39 is 0 Å². The fourth-order valence-electron chi connectivity index (χ4n) is 3.15. The molecule has 0 unspecified atom stereocenters. The number of carbonyl (C=O) groups excluding carboxylic acids is 1. The number of carbonyl (C=O) groups is 1. The molecule has 2 aliphatic rings. The first-order valence-electron chi connectivity index (χ1n) is 7.58. The van der Waals surface area contributed by atoms with Crippen molar-refractivity contribution in [3.05, 3.63) is 29.8 Å². The van der Waals surface area contributed by atoms with E-state index in [4.69, 9.17) is 4.74 Å². The Bertz CT molecular complexity index is 514. The van der Waals surface area contributed by atoms with Crippen LogP contribution < -0.4 is 10.2 Å². The first kappa shape index (κ1) is 14.4. The number of ether oxygens (including phenoxy) is 1. The molecule has 0 bridgehead atoms. The molecular formula is C16H23N3O2. The zero-order valence-corrected chi connectivity index (χ0v) is 12.7. The topological polar surface area (TPSA) is 44.8 Å². The lowest BCUT2D eigenvalue weighted by Gasteiger charge is -2.33. The minimum absolute atomic E-state index is 0.0970. The summed E-state index contributed by atoms with van der Waals surface area (Å²) in [6, 6.07) is 8.47. The van der Waals surface area contributed by atoms with Crippen molar-refractivity contribution in [2.24, 2.45) is 0 Å². The quantitative estimate of drug-likeness (QED) is 0.832. The maximum Gasteiger partial charge on any atom is 0.253 e. The zero-order chi connectivity index (χ0) is 14.8. The molecule has 1 aromatic rings. The second-order valence-corrected chi connectivity index (χ2v) is 5.89. The van der Waals surface area contributed by atoms with Crippen LogP contribution in [0.1, 0.15) is 12.5 Å². The molecule has 3 rings (SSSR count). The first-order chi connectivity index (χ1) is 10.2. The second-order valence-electron chi connectivity index (χ2n) is 5.89. The van der Waals surface area contributed by atoms with Crippen molar-refractivity contribution in [3.8, 4) is 0 Å². The van der Waals surface area contributed by atoms with Crippen LogP contribution in [0.5, 0.6) is 0 Å². The van der Waals surface area contributed by atoms with Crippen LogP contribution in [0.4, 0.5) is 5.69 Å². The molecule has 1 amide bonds. The summed E-state index contributed by atoms with van der Waals surface area (Å²) in [6.07, 6.45) is -0.350. The summed E-state index contributed by atoms with van der Waals surface area (Å²) >= 11 is 0. The number of hydrogen-bond donors (Lipinski definition) is 1. The third-order valence-corrected chi connectivity index (χ3v) is 4.30. The highest BCUT2D eigenvalue weighted by atomic mass is 16.5. The minimum Gasteiger partial charge on any atom is -0.372 e. The van der Waals surface area contributed by atoms with Gasteiger partial charge in [0.05, 0.1) is 6.61 Å². The van der Waals surface area contributed by atoms with Gasteiger partial charge in [-0.1, -0.05) is 18.2 Å². The number of likely N-dealkylation sites (N-methyl/N-ethyl adjacent to an activating group) is 1. The van der Waals surface area contributed by atoms with E-state index in [0.29, 0.717) is 19.7 Å². The number of morpholine rings is 1. The molecule has 21 heavy (non-hydrogen) atoms. The summed E-state index contributed by atoms with van der Waals surface area (Å²) in [5, 5.41) is 3.23. The number of amides is 1. The minimum atomic E-state index is -0.350. The number of rotatable bonds is 1. The van der Waals surface area contributed by atoms with E-state index in [1.807, 2.05) is 17.0 Å². The molecule has 5 heteroatoms. The summed E-state index contributed by atoms with van der Waals surface area (Å²) in [5.74, 6) is 0.0970. The molecule has 0 aromatic heterocycles. The summed E-state index contributed by atoms with van der Waals surface area (Å²) in [7, 11) is 2.09. The van der Waals surface area contributed by atoms with Gasteiger partial charge in [-0.05, 0) is 18.6 Å². The van der Waals surface area contributed by atoms with Crippen LogP contribution in [0.2, 0.25) is 0 Å². The molecule has 5 nitrogen and oxygen atoms in total. The number of anilines is 1. The summed E-state index contributed by atoms with van der Waals surface area (Å²) in [4.78, 5) is 17.0. The molecule has 2 aliphatic heterocycles. The van der Waals surface area contributed by atoms with Crippen LogP contribution in [0.25, 0.3) is 0 Å². The van der Waals surface area contributed by atoms with Gasteiger partial charge in [0, 0.05) is 45.0 Å². The molecule has 2 heterocycles. The lowest BCUT2D eigenvalue weighted by molar-refractivity contribution is -0.147. The molecule has 1 fully saturated rings. The highest BCUT2D eigenvalue weighted by molar-refractivity contribution is 5.82. The van der Waals surface area contributed by atoms with Crippen LogP contribution in [0.3, 0.4) is 0 Å². The highest BCUT2D eigenvalue weighted by Crippen LogP contribution is 2.26. The Labute approximate surface area is 125 Å². The maximum absolute atomic E-state index is 12.8. The van der Waals surface area contributed by atoms with Crippen LogP contribution >= 0.6 is 0 Å². The zero-order valence-electron chi connectivity index (χ0n) is 12.7. The third kappa shape index (κ3) is 2.89. The fourth-order valence-corrected chi connectivity index (χ4v) is 3.15. The fraction of sp³-hybridized carbons (Fsp3) is 0.562. The van der Waals surface area contributed by atoms with Crippen molar-refractivity contribution in [1.82, 2.24) is 10.2 Å². The molecule has 2 atom stereocenters. The van der Waals surface area contributed by atoms with Gasteiger partial charge >= 0.3 is 0 Å². The summed E-state index contributed by atoms with van der Waals surface area (Å²) in [6.45, 7) is 5.64. The van der Waals surface area contributed by atoms with E-state index in [1.54, 1.807) is 0 Å². The molecular weight excluding hydrogens is 266 g/mol. The van der Waals surface area contributed by atoms with Gasteiger partial charge in [0.25, 0.3) is 5.91 Å². The Morgan fingerprint density at radius 2 is 2.19 bits per heavy atom. The second kappa shape index (κ2) is 6.03. The molecule has 0 spiro atoms. The lowest BCUT2D eigenvalue weighted by atomic mass is 10.1. The first-order valence-corrected chi connectivity index (χ1v) is 7.58. The van der Waals surface area contributed by atoms with Gasteiger partial charge in [-0.15, -0.1) is 0 Å². The maximum atomic E-state index is 12.8. The molecule has 0 saturated carbocycles.